The number of hydrogen-bond donors (Lipinski definition) is 2. The molecule has 3 N–H and O–H groups in total. The molecule has 2 rings (SSSR count). The van der Waals surface area contributed by atoms with Crippen molar-refractivity contribution in [1.82, 2.24) is 5.32 Å². The lowest BCUT2D eigenvalue weighted by Crippen LogP contribution is -2.36. The van der Waals surface area contributed by atoms with E-state index in [-0.39, 0.29) is 11.8 Å². The van der Waals surface area contributed by atoms with Crippen LogP contribution < -0.4 is 11.1 Å². The molecule has 0 aliphatic rings. The highest BCUT2D eigenvalue weighted by molar-refractivity contribution is 5.83. The second kappa shape index (κ2) is 6.34. The van der Waals surface area contributed by atoms with Gasteiger partial charge < -0.3 is 11.1 Å². The highest BCUT2D eigenvalue weighted by Gasteiger charge is 2.16. The molecule has 0 fully saturated rings. The molecule has 3 heteroatoms. The van der Waals surface area contributed by atoms with Crippen molar-refractivity contribution in [2.45, 2.75) is 13.3 Å². The summed E-state index contributed by atoms with van der Waals surface area (Å²) in [6, 6.07) is 14.5. The van der Waals surface area contributed by atoms with Gasteiger partial charge in [-0.2, -0.15) is 0 Å². The first kappa shape index (κ1) is 13.6. The van der Waals surface area contributed by atoms with Gasteiger partial charge in [-0.15, -0.1) is 0 Å². The Bertz CT molecular complexity index is 565. The summed E-state index contributed by atoms with van der Waals surface area (Å²) in [6.07, 6.45) is 0.688. The molecule has 0 radical (unpaired) electrons. The van der Waals surface area contributed by atoms with Crippen LogP contribution >= 0.6 is 0 Å². The minimum Gasteiger partial charge on any atom is -0.356 e. The molecule has 100 valence electrons. The molecule has 19 heavy (non-hydrogen) atoms. The summed E-state index contributed by atoms with van der Waals surface area (Å²) in [5, 5.41) is 5.25. The summed E-state index contributed by atoms with van der Waals surface area (Å²) >= 11 is 0. The highest BCUT2D eigenvalue weighted by atomic mass is 16.1. The predicted octanol–water partition coefficient (Wildman–Crippen LogP) is 2.09. The average Bonchev–Trinajstić information content (AvgIpc) is 2.44. The fourth-order valence-electron chi connectivity index (χ4n) is 2.25. The largest absolute Gasteiger partial charge is 0.356 e. The van der Waals surface area contributed by atoms with Gasteiger partial charge in [-0.3, -0.25) is 4.79 Å². The first-order valence-corrected chi connectivity index (χ1v) is 6.70. The molecule has 0 bridgehead atoms. The summed E-state index contributed by atoms with van der Waals surface area (Å²) in [4.78, 5) is 11.9. The van der Waals surface area contributed by atoms with Gasteiger partial charge in [0, 0.05) is 13.1 Å². The van der Waals surface area contributed by atoms with E-state index in [1.54, 1.807) is 0 Å². The topological polar surface area (TPSA) is 55.1 Å². The van der Waals surface area contributed by atoms with E-state index >= 15 is 0 Å². The van der Waals surface area contributed by atoms with Gasteiger partial charge >= 0.3 is 0 Å². The monoisotopic (exact) mass is 256 g/mol. The number of amides is 1. The van der Waals surface area contributed by atoms with Crippen LogP contribution in [0.2, 0.25) is 0 Å². The summed E-state index contributed by atoms with van der Waals surface area (Å²) < 4.78 is 0. The van der Waals surface area contributed by atoms with Crippen LogP contribution in [-0.4, -0.2) is 19.0 Å². The van der Waals surface area contributed by atoms with Crippen LogP contribution in [0.1, 0.15) is 12.5 Å². The van der Waals surface area contributed by atoms with Crippen molar-refractivity contribution < 1.29 is 4.79 Å². The lowest BCUT2D eigenvalue weighted by Gasteiger charge is -2.14. The summed E-state index contributed by atoms with van der Waals surface area (Å²) in [5.41, 5.74) is 6.86. The number of benzene rings is 2. The van der Waals surface area contributed by atoms with E-state index in [4.69, 9.17) is 5.73 Å². The van der Waals surface area contributed by atoms with Crippen LogP contribution in [0.25, 0.3) is 10.8 Å². The smallest absolute Gasteiger partial charge is 0.224 e. The second-order valence-electron chi connectivity index (χ2n) is 4.71. The lowest BCUT2D eigenvalue weighted by atomic mass is 9.96. The SMILES string of the molecule is CCNC(=O)C(CN)Cc1ccc2ccccc2c1. The molecule has 1 atom stereocenters. The van der Waals surface area contributed by atoms with E-state index < -0.39 is 0 Å². The van der Waals surface area contributed by atoms with Crippen LogP contribution in [0.3, 0.4) is 0 Å². The number of nitrogens with two attached hydrogens (primary N) is 1. The Hall–Kier alpha value is -1.87. The van der Waals surface area contributed by atoms with Gasteiger partial charge in [0.2, 0.25) is 5.91 Å². The molecular weight excluding hydrogens is 236 g/mol. The average molecular weight is 256 g/mol. The van der Waals surface area contributed by atoms with Gasteiger partial charge in [0.1, 0.15) is 0 Å². The molecule has 3 nitrogen and oxygen atoms in total. The molecule has 0 heterocycles. The van der Waals surface area contributed by atoms with Gasteiger partial charge in [0.15, 0.2) is 0 Å². The molecule has 0 spiro atoms. The summed E-state index contributed by atoms with van der Waals surface area (Å²) in [5.74, 6) is -0.112. The second-order valence-corrected chi connectivity index (χ2v) is 4.71. The number of rotatable bonds is 5. The standard InChI is InChI=1S/C16H20N2O/c1-2-18-16(19)15(11-17)10-12-7-8-13-5-3-4-6-14(13)9-12/h3-9,15H,2,10-11,17H2,1H3,(H,18,19). The maximum atomic E-state index is 11.9. The number of fused-ring (bicyclic) bond motifs is 1. The molecule has 0 aromatic heterocycles. The first-order valence-electron chi connectivity index (χ1n) is 6.70. The molecule has 2 aromatic carbocycles. The molecule has 0 aliphatic heterocycles. The Kier molecular flexibility index (Phi) is 4.53. The Morgan fingerprint density at radius 1 is 1.21 bits per heavy atom. The van der Waals surface area contributed by atoms with Crippen LogP contribution in [0.5, 0.6) is 0 Å². The van der Waals surface area contributed by atoms with E-state index in [2.05, 4.69) is 35.6 Å². The van der Waals surface area contributed by atoms with Crippen molar-refractivity contribution in [3.05, 3.63) is 48.0 Å². The lowest BCUT2D eigenvalue weighted by molar-refractivity contribution is -0.124. The number of carbonyl (C=O) groups excluding carboxylic acids is 1. The Morgan fingerprint density at radius 2 is 1.95 bits per heavy atom. The minimum atomic E-state index is -0.152. The zero-order valence-corrected chi connectivity index (χ0v) is 11.2. The molecule has 0 saturated heterocycles. The quantitative estimate of drug-likeness (QED) is 0.860. The van der Waals surface area contributed by atoms with E-state index in [0.717, 1.165) is 5.56 Å². The molecule has 2 aromatic rings. The van der Waals surface area contributed by atoms with Gasteiger partial charge in [-0.1, -0.05) is 42.5 Å². The third kappa shape index (κ3) is 3.32. The highest BCUT2D eigenvalue weighted by Crippen LogP contribution is 2.17. The van der Waals surface area contributed by atoms with E-state index in [1.807, 2.05) is 19.1 Å². The van der Waals surface area contributed by atoms with Gasteiger partial charge in [-0.05, 0) is 29.7 Å². The third-order valence-electron chi connectivity index (χ3n) is 3.30. The van der Waals surface area contributed by atoms with E-state index in [9.17, 15) is 4.79 Å². The first-order chi connectivity index (χ1) is 9.24. The Labute approximate surface area is 113 Å². The van der Waals surface area contributed by atoms with Crippen LogP contribution in [0.4, 0.5) is 0 Å². The maximum absolute atomic E-state index is 11.9. The summed E-state index contributed by atoms with van der Waals surface area (Å²) in [6.45, 7) is 2.94. The Balaban J connectivity index is 2.17. The van der Waals surface area contributed by atoms with Crippen molar-refractivity contribution in [2.75, 3.05) is 13.1 Å². The van der Waals surface area contributed by atoms with E-state index in [0.29, 0.717) is 19.5 Å². The minimum absolute atomic E-state index is 0.0400. The van der Waals surface area contributed by atoms with Gasteiger partial charge in [0.25, 0.3) is 0 Å². The maximum Gasteiger partial charge on any atom is 0.224 e. The Morgan fingerprint density at radius 3 is 2.63 bits per heavy atom. The summed E-state index contributed by atoms with van der Waals surface area (Å²) in [7, 11) is 0. The van der Waals surface area contributed by atoms with Gasteiger partial charge in [-0.25, -0.2) is 0 Å². The third-order valence-corrected chi connectivity index (χ3v) is 3.30. The van der Waals surface area contributed by atoms with Crippen molar-refractivity contribution in [2.24, 2.45) is 11.7 Å². The van der Waals surface area contributed by atoms with Crippen LogP contribution in [0.15, 0.2) is 42.5 Å². The normalized spacial score (nSPS) is 12.3. The van der Waals surface area contributed by atoms with Crippen molar-refractivity contribution in [1.29, 1.82) is 0 Å². The van der Waals surface area contributed by atoms with Crippen molar-refractivity contribution in [3.63, 3.8) is 0 Å². The molecular formula is C16H20N2O. The molecule has 1 unspecified atom stereocenters. The molecule has 1 amide bonds. The van der Waals surface area contributed by atoms with Crippen molar-refractivity contribution >= 4 is 16.7 Å². The fraction of sp³-hybridized carbons (Fsp3) is 0.312. The zero-order chi connectivity index (χ0) is 13.7. The number of hydrogen-bond acceptors (Lipinski definition) is 2. The molecule has 0 saturated carbocycles. The zero-order valence-electron chi connectivity index (χ0n) is 11.2. The van der Waals surface area contributed by atoms with Crippen LogP contribution in [-0.2, 0) is 11.2 Å². The van der Waals surface area contributed by atoms with Crippen LogP contribution in [0, 0.1) is 5.92 Å². The predicted molar refractivity (Wildman–Crippen MR) is 78.9 cm³/mol. The van der Waals surface area contributed by atoms with Crippen molar-refractivity contribution in [3.8, 4) is 0 Å². The van der Waals surface area contributed by atoms with E-state index in [1.165, 1.54) is 10.8 Å². The number of carbonyl (C=O) groups is 1. The number of nitrogens with one attached hydrogen (secondary N) is 1. The van der Waals surface area contributed by atoms with Gasteiger partial charge in [0.05, 0.1) is 5.92 Å². The molecule has 0 aliphatic carbocycles. The fourth-order valence-corrected chi connectivity index (χ4v) is 2.25.